The lowest BCUT2D eigenvalue weighted by Gasteiger charge is -2.14. The first kappa shape index (κ1) is 15.4. The van der Waals surface area contributed by atoms with Gasteiger partial charge in [-0.15, -0.1) is 0 Å². The fourth-order valence-corrected chi connectivity index (χ4v) is 2.02. The standard InChI is InChI=1S/C16H19NO4/c18-11-14-6-3-4-8-20-9-10-21-12-13-5-1-2-7-15(13)16(19)17-14/h1-5,7,11,14H,6,8-10,12H2,(H,17,19)/t14-/m0/s1. The van der Waals surface area contributed by atoms with Crippen LogP contribution in [-0.2, 0) is 20.9 Å². The molecule has 2 rings (SSSR count). The van der Waals surface area contributed by atoms with E-state index < -0.39 is 6.04 Å². The SMILES string of the molecule is O=C[C@@H]1CC=CCOCCOCc2ccccc2C(=O)N1. The largest absolute Gasteiger partial charge is 0.375 e. The van der Waals surface area contributed by atoms with E-state index in [2.05, 4.69) is 5.32 Å². The van der Waals surface area contributed by atoms with Crippen molar-refractivity contribution in [1.82, 2.24) is 5.32 Å². The van der Waals surface area contributed by atoms with Crippen molar-refractivity contribution < 1.29 is 19.1 Å². The first-order valence-electron chi connectivity index (χ1n) is 6.96. The average molecular weight is 289 g/mol. The minimum Gasteiger partial charge on any atom is -0.375 e. The summed E-state index contributed by atoms with van der Waals surface area (Å²) in [6, 6.07) is 6.69. The Labute approximate surface area is 123 Å². The highest BCUT2D eigenvalue weighted by Gasteiger charge is 2.15. The number of hydrogen-bond acceptors (Lipinski definition) is 4. The molecular weight excluding hydrogens is 270 g/mol. The van der Waals surface area contributed by atoms with Crippen LogP contribution in [0, 0.1) is 0 Å². The summed E-state index contributed by atoms with van der Waals surface area (Å²) in [5, 5.41) is 2.72. The van der Waals surface area contributed by atoms with Gasteiger partial charge < -0.3 is 19.6 Å². The van der Waals surface area contributed by atoms with E-state index in [4.69, 9.17) is 9.47 Å². The molecule has 0 unspecified atom stereocenters. The van der Waals surface area contributed by atoms with Gasteiger partial charge in [0.2, 0.25) is 0 Å². The van der Waals surface area contributed by atoms with Crippen molar-refractivity contribution in [3.8, 4) is 0 Å². The van der Waals surface area contributed by atoms with Crippen LogP contribution in [-0.4, -0.2) is 38.1 Å². The van der Waals surface area contributed by atoms with Crippen molar-refractivity contribution in [2.45, 2.75) is 19.1 Å². The maximum atomic E-state index is 12.3. The van der Waals surface area contributed by atoms with Crippen LogP contribution in [0.2, 0.25) is 0 Å². The Morgan fingerprint density at radius 2 is 1.95 bits per heavy atom. The minimum absolute atomic E-state index is 0.256. The molecule has 1 aromatic rings. The molecule has 1 aliphatic heterocycles. The summed E-state index contributed by atoms with van der Waals surface area (Å²) >= 11 is 0. The highest BCUT2D eigenvalue weighted by molar-refractivity contribution is 5.97. The molecule has 1 N–H and O–H groups in total. The van der Waals surface area contributed by atoms with Crippen molar-refractivity contribution in [3.05, 3.63) is 47.5 Å². The van der Waals surface area contributed by atoms with E-state index >= 15 is 0 Å². The predicted octanol–water partition coefficient (Wildman–Crippen LogP) is 1.48. The normalized spacial score (nSPS) is 21.0. The van der Waals surface area contributed by atoms with Gasteiger partial charge in [0.1, 0.15) is 6.29 Å². The Balaban J connectivity index is 2.16. The fraction of sp³-hybridized carbons (Fsp3) is 0.375. The number of carbonyl (C=O) groups excluding carboxylic acids is 2. The van der Waals surface area contributed by atoms with Gasteiger partial charge in [-0.05, 0) is 18.1 Å². The molecule has 1 aromatic carbocycles. The first-order chi connectivity index (χ1) is 10.3. The van der Waals surface area contributed by atoms with Crippen molar-refractivity contribution in [2.75, 3.05) is 19.8 Å². The van der Waals surface area contributed by atoms with Crippen molar-refractivity contribution in [3.63, 3.8) is 0 Å². The maximum absolute atomic E-state index is 12.3. The zero-order chi connectivity index (χ0) is 14.9. The third-order valence-corrected chi connectivity index (χ3v) is 3.14. The van der Waals surface area contributed by atoms with Gasteiger partial charge in [0.05, 0.1) is 32.5 Å². The van der Waals surface area contributed by atoms with Gasteiger partial charge in [0.25, 0.3) is 5.91 Å². The lowest BCUT2D eigenvalue weighted by atomic mass is 10.1. The van der Waals surface area contributed by atoms with Crippen LogP contribution in [0.4, 0.5) is 0 Å². The predicted molar refractivity (Wildman–Crippen MR) is 78.0 cm³/mol. The van der Waals surface area contributed by atoms with E-state index in [1.165, 1.54) is 0 Å². The average Bonchev–Trinajstić information content (AvgIpc) is 2.51. The Kier molecular flexibility index (Phi) is 6.12. The lowest BCUT2D eigenvalue weighted by molar-refractivity contribution is -0.109. The number of benzene rings is 1. The summed E-state index contributed by atoms with van der Waals surface area (Å²) in [6.45, 7) is 1.78. The zero-order valence-electron chi connectivity index (χ0n) is 11.8. The van der Waals surface area contributed by atoms with Crippen LogP contribution in [0.5, 0.6) is 0 Å². The second-order valence-electron chi connectivity index (χ2n) is 4.71. The van der Waals surface area contributed by atoms with Crippen molar-refractivity contribution in [2.24, 2.45) is 0 Å². The molecule has 0 aromatic heterocycles. The number of carbonyl (C=O) groups is 2. The first-order valence-corrected chi connectivity index (χ1v) is 6.96. The van der Waals surface area contributed by atoms with Gasteiger partial charge in [0, 0.05) is 5.56 Å². The number of amides is 1. The molecule has 0 saturated carbocycles. The third kappa shape index (κ3) is 4.81. The van der Waals surface area contributed by atoms with E-state index in [-0.39, 0.29) is 5.91 Å². The lowest BCUT2D eigenvalue weighted by Crippen LogP contribution is -2.36. The van der Waals surface area contributed by atoms with Crippen molar-refractivity contribution in [1.29, 1.82) is 0 Å². The van der Waals surface area contributed by atoms with Crippen molar-refractivity contribution >= 4 is 12.2 Å². The quantitative estimate of drug-likeness (QED) is 0.628. The number of fused-ring (bicyclic) bond motifs is 1. The maximum Gasteiger partial charge on any atom is 0.252 e. The molecule has 0 saturated heterocycles. The molecule has 1 aliphatic rings. The second-order valence-corrected chi connectivity index (χ2v) is 4.71. The molecule has 1 atom stereocenters. The Hall–Kier alpha value is -1.98. The van der Waals surface area contributed by atoms with E-state index in [9.17, 15) is 9.59 Å². The fourth-order valence-electron chi connectivity index (χ4n) is 2.02. The summed E-state index contributed by atoms with van der Waals surface area (Å²) in [6.07, 6.45) is 4.87. The van der Waals surface area contributed by atoms with Crippen LogP contribution in [0.1, 0.15) is 22.3 Å². The van der Waals surface area contributed by atoms with Crippen LogP contribution in [0.3, 0.4) is 0 Å². The van der Waals surface area contributed by atoms with Gasteiger partial charge in [-0.3, -0.25) is 4.79 Å². The summed E-state index contributed by atoms with van der Waals surface area (Å²) in [5.74, 6) is -0.256. The van der Waals surface area contributed by atoms with Crippen LogP contribution in [0.25, 0.3) is 0 Å². The molecule has 1 amide bonds. The number of ether oxygens (including phenoxy) is 2. The molecule has 0 fully saturated rings. The van der Waals surface area contributed by atoms with Crippen LogP contribution < -0.4 is 5.32 Å². The van der Waals surface area contributed by atoms with Gasteiger partial charge in [-0.2, -0.15) is 0 Å². The molecule has 5 heteroatoms. The van der Waals surface area contributed by atoms with Gasteiger partial charge >= 0.3 is 0 Å². The second kappa shape index (κ2) is 8.34. The summed E-state index contributed by atoms with van der Waals surface area (Å²) < 4.78 is 10.9. The summed E-state index contributed by atoms with van der Waals surface area (Å²) in [5.41, 5.74) is 1.33. The molecule has 112 valence electrons. The van der Waals surface area contributed by atoms with E-state index in [1.54, 1.807) is 12.1 Å². The molecule has 0 spiro atoms. The molecule has 21 heavy (non-hydrogen) atoms. The highest BCUT2D eigenvalue weighted by Crippen LogP contribution is 2.11. The van der Waals surface area contributed by atoms with Crippen LogP contribution >= 0.6 is 0 Å². The number of aldehydes is 1. The number of hydrogen-bond donors (Lipinski definition) is 1. The molecule has 0 bridgehead atoms. The minimum atomic E-state index is -0.536. The van der Waals surface area contributed by atoms with Gasteiger partial charge in [-0.25, -0.2) is 0 Å². The zero-order valence-corrected chi connectivity index (χ0v) is 11.8. The monoisotopic (exact) mass is 289 g/mol. The molecule has 0 aliphatic carbocycles. The summed E-state index contributed by atoms with van der Waals surface area (Å²) in [4.78, 5) is 23.3. The van der Waals surface area contributed by atoms with Crippen LogP contribution in [0.15, 0.2) is 36.4 Å². The Morgan fingerprint density at radius 1 is 1.14 bits per heavy atom. The highest BCUT2D eigenvalue weighted by atomic mass is 16.5. The molecular formula is C16H19NO4. The Bertz CT molecular complexity index is 513. The number of rotatable bonds is 1. The third-order valence-electron chi connectivity index (χ3n) is 3.14. The molecule has 5 nitrogen and oxygen atoms in total. The summed E-state index contributed by atoms with van der Waals surface area (Å²) in [7, 11) is 0. The Morgan fingerprint density at radius 3 is 2.81 bits per heavy atom. The van der Waals surface area contributed by atoms with E-state index in [0.717, 1.165) is 11.8 Å². The molecule has 1 heterocycles. The van der Waals surface area contributed by atoms with E-state index in [1.807, 2.05) is 24.3 Å². The number of nitrogens with one attached hydrogen (secondary N) is 1. The van der Waals surface area contributed by atoms with Gasteiger partial charge in [0.15, 0.2) is 0 Å². The topological polar surface area (TPSA) is 64.6 Å². The smallest absolute Gasteiger partial charge is 0.252 e. The van der Waals surface area contributed by atoms with E-state index in [0.29, 0.717) is 38.4 Å². The molecule has 0 radical (unpaired) electrons. The van der Waals surface area contributed by atoms with Gasteiger partial charge in [-0.1, -0.05) is 30.4 Å².